The lowest BCUT2D eigenvalue weighted by Gasteiger charge is -2.09. The second kappa shape index (κ2) is 6.03. The number of nitroso groups, excluding NO2 is 1. The van der Waals surface area contributed by atoms with Crippen LogP contribution in [0.5, 0.6) is 0 Å². The lowest BCUT2D eigenvalue weighted by molar-refractivity contribution is -0.385. The van der Waals surface area contributed by atoms with Crippen LogP contribution in [-0.4, -0.2) is 22.0 Å². The van der Waals surface area contributed by atoms with Gasteiger partial charge in [-0.2, -0.15) is 0 Å². The van der Waals surface area contributed by atoms with Gasteiger partial charge in [0.2, 0.25) is 0 Å². The van der Waals surface area contributed by atoms with Crippen molar-refractivity contribution in [1.29, 1.82) is 0 Å². The van der Waals surface area contributed by atoms with Crippen LogP contribution in [0.1, 0.15) is 30.9 Å². The molecule has 0 heterocycles. The number of nitro groups is 1. The molecule has 1 aromatic rings. The monoisotopic (exact) mass is 266 g/mol. The molecular formula is C12H14N2O5. The van der Waals surface area contributed by atoms with Crippen LogP contribution >= 0.6 is 0 Å². The Morgan fingerprint density at radius 3 is 2.53 bits per heavy atom. The minimum absolute atomic E-state index is 0.118. The molecule has 0 bridgehead atoms. The van der Waals surface area contributed by atoms with Crippen LogP contribution in [0.4, 0.5) is 5.69 Å². The number of hydrogen-bond acceptors (Lipinski definition) is 5. The van der Waals surface area contributed by atoms with Crippen LogP contribution in [-0.2, 0) is 11.2 Å². The molecule has 1 aromatic carbocycles. The normalized spacial score (nSPS) is 12.2. The molecule has 7 nitrogen and oxygen atoms in total. The van der Waals surface area contributed by atoms with Crippen molar-refractivity contribution in [2.24, 2.45) is 5.18 Å². The first-order chi connectivity index (χ1) is 8.86. The van der Waals surface area contributed by atoms with Gasteiger partial charge >= 0.3 is 5.97 Å². The molecule has 0 radical (unpaired) electrons. The van der Waals surface area contributed by atoms with E-state index in [4.69, 9.17) is 5.11 Å². The van der Waals surface area contributed by atoms with Crippen LogP contribution < -0.4 is 0 Å². The Hall–Kier alpha value is -2.31. The Kier molecular flexibility index (Phi) is 4.68. The molecule has 1 N–H and O–H groups in total. The van der Waals surface area contributed by atoms with E-state index in [1.165, 1.54) is 12.1 Å². The van der Waals surface area contributed by atoms with Gasteiger partial charge in [-0.05, 0) is 11.5 Å². The molecule has 0 saturated carbocycles. The van der Waals surface area contributed by atoms with Gasteiger partial charge in [-0.25, -0.2) is 4.79 Å². The van der Waals surface area contributed by atoms with E-state index in [-0.39, 0.29) is 23.6 Å². The molecule has 0 amide bonds. The maximum absolute atomic E-state index is 11.0. The predicted octanol–water partition coefficient (Wildman–Crippen LogP) is 2.48. The van der Waals surface area contributed by atoms with Gasteiger partial charge in [0.05, 0.1) is 4.92 Å². The molecular weight excluding hydrogens is 252 g/mol. The van der Waals surface area contributed by atoms with Crippen LogP contribution in [0.3, 0.4) is 0 Å². The summed E-state index contributed by atoms with van der Waals surface area (Å²) in [5.41, 5.74) is 0.795. The Morgan fingerprint density at radius 1 is 1.47 bits per heavy atom. The molecule has 1 unspecified atom stereocenters. The fourth-order valence-corrected chi connectivity index (χ4v) is 1.66. The first-order valence-corrected chi connectivity index (χ1v) is 5.69. The Balaban J connectivity index is 3.16. The standard InChI is InChI=1S/C12H14N2O5/c1-7(2)8-3-4-9(11(6-8)14(18)19)5-10(13-17)12(15)16/h3-4,6-7,10H,5H2,1-2H3,(H,15,16). The summed E-state index contributed by atoms with van der Waals surface area (Å²) >= 11 is 0. The molecule has 1 rings (SSSR count). The second-order valence-electron chi connectivity index (χ2n) is 4.46. The first kappa shape index (κ1) is 14.7. The average Bonchev–Trinajstić information content (AvgIpc) is 2.35. The van der Waals surface area contributed by atoms with Gasteiger partial charge in [-0.3, -0.25) is 10.1 Å². The molecule has 7 heteroatoms. The third kappa shape index (κ3) is 3.57. The second-order valence-corrected chi connectivity index (χ2v) is 4.46. The van der Waals surface area contributed by atoms with E-state index in [0.29, 0.717) is 0 Å². The summed E-state index contributed by atoms with van der Waals surface area (Å²) in [6.45, 7) is 3.79. The third-order valence-electron chi connectivity index (χ3n) is 2.80. The smallest absolute Gasteiger partial charge is 0.332 e. The van der Waals surface area contributed by atoms with E-state index in [1.807, 2.05) is 13.8 Å². The molecule has 0 saturated heterocycles. The zero-order valence-electron chi connectivity index (χ0n) is 10.6. The van der Waals surface area contributed by atoms with Gasteiger partial charge in [-0.1, -0.05) is 31.2 Å². The number of benzene rings is 1. The molecule has 0 aliphatic heterocycles. The predicted molar refractivity (Wildman–Crippen MR) is 68.1 cm³/mol. The van der Waals surface area contributed by atoms with Crippen molar-refractivity contribution in [3.63, 3.8) is 0 Å². The number of carboxylic acid groups (broad SMARTS) is 1. The van der Waals surface area contributed by atoms with Crippen molar-refractivity contribution >= 4 is 11.7 Å². The largest absolute Gasteiger partial charge is 0.480 e. The molecule has 0 aromatic heterocycles. The van der Waals surface area contributed by atoms with Gasteiger partial charge in [-0.15, -0.1) is 4.91 Å². The summed E-state index contributed by atoms with van der Waals surface area (Å²) in [7, 11) is 0. The first-order valence-electron chi connectivity index (χ1n) is 5.69. The minimum Gasteiger partial charge on any atom is -0.480 e. The summed E-state index contributed by atoms with van der Waals surface area (Å²) in [5, 5.41) is 22.2. The summed E-state index contributed by atoms with van der Waals surface area (Å²) in [6, 6.07) is 3.07. The van der Waals surface area contributed by atoms with Crippen LogP contribution in [0, 0.1) is 15.0 Å². The third-order valence-corrected chi connectivity index (χ3v) is 2.80. The van der Waals surface area contributed by atoms with Gasteiger partial charge in [0.15, 0.2) is 6.04 Å². The van der Waals surface area contributed by atoms with Crippen molar-refractivity contribution in [3.05, 3.63) is 44.3 Å². The molecule has 19 heavy (non-hydrogen) atoms. The van der Waals surface area contributed by atoms with Crippen molar-refractivity contribution in [2.45, 2.75) is 32.2 Å². The zero-order valence-corrected chi connectivity index (χ0v) is 10.6. The van der Waals surface area contributed by atoms with Crippen LogP contribution in [0.25, 0.3) is 0 Å². The van der Waals surface area contributed by atoms with Crippen LogP contribution in [0.15, 0.2) is 23.4 Å². The highest BCUT2D eigenvalue weighted by molar-refractivity contribution is 5.74. The summed E-state index contributed by atoms with van der Waals surface area (Å²) in [6.07, 6.45) is -0.284. The van der Waals surface area contributed by atoms with E-state index in [9.17, 15) is 19.8 Å². The van der Waals surface area contributed by atoms with Crippen molar-refractivity contribution in [1.82, 2.24) is 0 Å². The quantitative estimate of drug-likeness (QED) is 0.483. The Morgan fingerprint density at radius 2 is 2.11 bits per heavy atom. The number of carboxylic acids is 1. The SMILES string of the molecule is CC(C)c1ccc(CC(N=O)C(=O)O)c([N+](=O)[O-])c1. The molecule has 0 aliphatic carbocycles. The number of carbonyl (C=O) groups is 1. The van der Waals surface area contributed by atoms with Gasteiger partial charge in [0, 0.05) is 18.1 Å². The molecule has 0 aliphatic rings. The minimum atomic E-state index is -1.51. The molecule has 1 atom stereocenters. The maximum Gasteiger partial charge on any atom is 0.332 e. The number of nitro benzene ring substituents is 1. The van der Waals surface area contributed by atoms with Crippen molar-refractivity contribution in [2.75, 3.05) is 0 Å². The van der Waals surface area contributed by atoms with E-state index in [0.717, 1.165) is 5.56 Å². The van der Waals surface area contributed by atoms with Gasteiger partial charge in [0.25, 0.3) is 5.69 Å². The summed E-state index contributed by atoms with van der Waals surface area (Å²) < 4.78 is 0. The highest BCUT2D eigenvalue weighted by atomic mass is 16.6. The lowest BCUT2D eigenvalue weighted by atomic mass is 9.97. The Bertz CT molecular complexity index is 513. The number of hydrogen-bond donors (Lipinski definition) is 1. The maximum atomic E-state index is 11.0. The molecule has 0 spiro atoms. The molecule has 102 valence electrons. The number of nitrogens with zero attached hydrogens (tertiary/aromatic N) is 2. The van der Waals surface area contributed by atoms with E-state index in [1.54, 1.807) is 6.07 Å². The topological polar surface area (TPSA) is 110 Å². The van der Waals surface area contributed by atoms with E-state index >= 15 is 0 Å². The number of aliphatic carboxylic acids is 1. The highest BCUT2D eigenvalue weighted by Gasteiger charge is 2.24. The van der Waals surface area contributed by atoms with Gasteiger partial charge < -0.3 is 5.11 Å². The molecule has 0 fully saturated rings. The lowest BCUT2D eigenvalue weighted by Crippen LogP contribution is -2.20. The zero-order chi connectivity index (χ0) is 14.6. The fraction of sp³-hybridized carbons (Fsp3) is 0.417. The van der Waals surface area contributed by atoms with Gasteiger partial charge in [0.1, 0.15) is 0 Å². The van der Waals surface area contributed by atoms with E-state index < -0.39 is 16.9 Å². The highest BCUT2D eigenvalue weighted by Crippen LogP contribution is 2.26. The van der Waals surface area contributed by atoms with Crippen molar-refractivity contribution in [3.8, 4) is 0 Å². The Labute approximate surface area is 109 Å². The summed E-state index contributed by atoms with van der Waals surface area (Å²) in [5.74, 6) is -1.27. The van der Waals surface area contributed by atoms with E-state index in [2.05, 4.69) is 5.18 Å². The van der Waals surface area contributed by atoms with Crippen molar-refractivity contribution < 1.29 is 14.8 Å². The summed E-state index contributed by atoms with van der Waals surface area (Å²) in [4.78, 5) is 31.5. The average molecular weight is 266 g/mol. The van der Waals surface area contributed by atoms with Crippen LogP contribution in [0.2, 0.25) is 0 Å². The fourth-order valence-electron chi connectivity index (χ4n) is 1.66. The number of rotatable bonds is 6.